The first-order chi connectivity index (χ1) is 4.20. The van der Waals surface area contributed by atoms with Gasteiger partial charge in [0, 0.05) is 0 Å². The van der Waals surface area contributed by atoms with Crippen molar-refractivity contribution in [1.82, 2.24) is 4.37 Å². The molecule has 0 N–H and O–H groups in total. The number of nitrogens with zero attached hydrogens (tertiary/aromatic N) is 1. The lowest BCUT2D eigenvalue weighted by atomic mass is 10.4. The second kappa shape index (κ2) is 2.45. The zero-order valence-corrected chi connectivity index (χ0v) is 6.29. The Labute approximate surface area is 61.6 Å². The van der Waals surface area contributed by atoms with Crippen LogP contribution in [0.2, 0.25) is 0 Å². The monoisotopic (exact) mass is 161 g/mol. The van der Waals surface area contributed by atoms with Crippen LogP contribution < -0.4 is 0 Å². The largest absolute Gasteiger partial charge is 0.275 e. The molecule has 4 heteroatoms. The molecule has 0 aliphatic heterocycles. The number of hydrogen-bond donors (Lipinski definition) is 0. The van der Waals surface area contributed by atoms with E-state index in [0.29, 0.717) is 4.88 Å². The molecule has 0 saturated heterocycles. The first-order valence-electron chi connectivity index (χ1n) is 2.33. The van der Waals surface area contributed by atoms with Crippen molar-refractivity contribution in [3.05, 3.63) is 16.6 Å². The van der Waals surface area contributed by atoms with Crippen LogP contribution in [0.15, 0.2) is 6.07 Å². The highest BCUT2D eigenvalue weighted by molar-refractivity contribution is 7.10. The van der Waals surface area contributed by atoms with E-state index in [0.717, 1.165) is 17.2 Å². The molecule has 2 nitrogen and oxygen atoms in total. The van der Waals surface area contributed by atoms with Gasteiger partial charge in [0.05, 0.1) is 5.69 Å². The molecular formula is C5H4ClNOS. The van der Waals surface area contributed by atoms with Gasteiger partial charge in [-0.1, -0.05) is 0 Å². The molecule has 0 atom stereocenters. The number of rotatable bonds is 1. The topological polar surface area (TPSA) is 30.0 Å². The molecule has 0 unspecified atom stereocenters. The van der Waals surface area contributed by atoms with Gasteiger partial charge in [0.1, 0.15) is 4.88 Å². The summed E-state index contributed by atoms with van der Waals surface area (Å²) < 4.78 is 3.87. The lowest BCUT2D eigenvalue weighted by Gasteiger charge is -1.75. The predicted octanol–water partition coefficient (Wildman–Crippen LogP) is 1.83. The van der Waals surface area contributed by atoms with Gasteiger partial charge in [-0.25, -0.2) is 0 Å². The quantitative estimate of drug-likeness (QED) is 0.589. The first-order valence-corrected chi connectivity index (χ1v) is 3.48. The molecule has 0 bridgehead atoms. The summed E-state index contributed by atoms with van der Waals surface area (Å²) in [6.45, 7) is 1.82. The molecule has 0 amide bonds. The van der Waals surface area contributed by atoms with Crippen LogP contribution in [0.5, 0.6) is 0 Å². The van der Waals surface area contributed by atoms with Crippen LogP contribution in [0.4, 0.5) is 0 Å². The number of aromatic nitrogens is 1. The van der Waals surface area contributed by atoms with E-state index in [2.05, 4.69) is 4.37 Å². The van der Waals surface area contributed by atoms with E-state index in [1.165, 1.54) is 0 Å². The Bertz CT molecular complexity index is 233. The molecule has 0 aliphatic carbocycles. The average molecular weight is 162 g/mol. The minimum atomic E-state index is -0.430. The maximum absolute atomic E-state index is 10.4. The molecule has 0 saturated carbocycles. The number of carbonyl (C=O) groups is 1. The summed E-state index contributed by atoms with van der Waals surface area (Å²) >= 11 is 6.27. The third kappa shape index (κ3) is 1.50. The summed E-state index contributed by atoms with van der Waals surface area (Å²) in [5.74, 6) is 0. The van der Waals surface area contributed by atoms with Crippen molar-refractivity contribution in [3.63, 3.8) is 0 Å². The molecule has 0 aromatic carbocycles. The van der Waals surface area contributed by atoms with Crippen LogP contribution in [0.3, 0.4) is 0 Å². The molecule has 1 heterocycles. The third-order valence-electron chi connectivity index (χ3n) is 0.822. The molecule has 1 aromatic rings. The number of hydrogen-bond acceptors (Lipinski definition) is 3. The Morgan fingerprint density at radius 3 is 2.78 bits per heavy atom. The Balaban J connectivity index is 2.98. The van der Waals surface area contributed by atoms with Crippen LogP contribution in [0.25, 0.3) is 0 Å². The Kier molecular flexibility index (Phi) is 1.83. The van der Waals surface area contributed by atoms with Gasteiger partial charge in [-0.2, -0.15) is 4.37 Å². The standard InChI is InChI=1S/C5H4ClNOS/c1-3-2-4(5(6)8)9-7-3/h2H,1H3. The average Bonchev–Trinajstić information content (AvgIpc) is 2.14. The summed E-state index contributed by atoms with van der Waals surface area (Å²) in [5, 5.41) is -0.430. The predicted molar refractivity (Wildman–Crippen MR) is 37.0 cm³/mol. The third-order valence-corrected chi connectivity index (χ3v) is 2.02. The van der Waals surface area contributed by atoms with Crippen molar-refractivity contribution in [2.45, 2.75) is 6.92 Å². The molecule has 0 radical (unpaired) electrons. The van der Waals surface area contributed by atoms with E-state index in [4.69, 9.17) is 11.6 Å². The molecule has 1 aromatic heterocycles. The fraction of sp³-hybridized carbons (Fsp3) is 0.200. The molecule has 1 rings (SSSR count). The van der Waals surface area contributed by atoms with Crippen LogP contribution in [0.1, 0.15) is 15.4 Å². The summed E-state index contributed by atoms with van der Waals surface area (Å²) in [6.07, 6.45) is 0. The molecule has 0 fully saturated rings. The van der Waals surface area contributed by atoms with Gasteiger partial charge in [-0.15, -0.1) is 0 Å². The molecule has 0 spiro atoms. The zero-order chi connectivity index (χ0) is 6.85. The SMILES string of the molecule is Cc1cc(C(=O)Cl)sn1. The maximum Gasteiger partial charge on any atom is 0.264 e. The highest BCUT2D eigenvalue weighted by Crippen LogP contribution is 2.10. The van der Waals surface area contributed by atoms with E-state index in [1.54, 1.807) is 6.07 Å². The van der Waals surface area contributed by atoms with Crippen LogP contribution in [0, 0.1) is 6.92 Å². The highest BCUT2D eigenvalue weighted by Gasteiger charge is 2.03. The smallest absolute Gasteiger partial charge is 0.264 e. The van der Waals surface area contributed by atoms with E-state index in [1.807, 2.05) is 6.92 Å². The van der Waals surface area contributed by atoms with Gasteiger partial charge >= 0.3 is 0 Å². The van der Waals surface area contributed by atoms with Crippen molar-refractivity contribution in [1.29, 1.82) is 0 Å². The molecule has 48 valence electrons. The minimum absolute atomic E-state index is 0.430. The van der Waals surface area contributed by atoms with Crippen LogP contribution in [-0.4, -0.2) is 9.62 Å². The fourth-order valence-corrected chi connectivity index (χ4v) is 1.20. The minimum Gasteiger partial charge on any atom is -0.275 e. The van der Waals surface area contributed by atoms with Gasteiger partial charge < -0.3 is 0 Å². The Morgan fingerprint density at radius 2 is 2.56 bits per heavy atom. The normalized spacial score (nSPS) is 9.56. The number of carbonyl (C=O) groups excluding carboxylic acids is 1. The number of halogens is 1. The van der Waals surface area contributed by atoms with Crippen LogP contribution >= 0.6 is 23.1 Å². The summed E-state index contributed by atoms with van der Waals surface area (Å²) in [4.78, 5) is 10.9. The lowest BCUT2D eigenvalue weighted by molar-refractivity contribution is 0.108. The number of aryl methyl sites for hydroxylation is 1. The van der Waals surface area contributed by atoms with E-state index < -0.39 is 5.24 Å². The molecular weight excluding hydrogens is 158 g/mol. The van der Waals surface area contributed by atoms with Gasteiger partial charge in [0.25, 0.3) is 5.24 Å². The molecule has 9 heavy (non-hydrogen) atoms. The van der Waals surface area contributed by atoms with Crippen molar-refractivity contribution in [3.8, 4) is 0 Å². The van der Waals surface area contributed by atoms with Crippen molar-refractivity contribution in [2.24, 2.45) is 0 Å². The summed E-state index contributed by atoms with van der Waals surface area (Å²) in [5.41, 5.74) is 0.837. The maximum atomic E-state index is 10.4. The Hall–Kier alpha value is -0.410. The highest BCUT2D eigenvalue weighted by atomic mass is 35.5. The van der Waals surface area contributed by atoms with E-state index in [9.17, 15) is 4.79 Å². The van der Waals surface area contributed by atoms with Gasteiger partial charge in [-0.05, 0) is 36.1 Å². The zero-order valence-electron chi connectivity index (χ0n) is 4.72. The van der Waals surface area contributed by atoms with Gasteiger partial charge in [0.15, 0.2) is 0 Å². The van der Waals surface area contributed by atoms with Crippen LogP contribution in [-0.2, 0) is 0 Å². The van der Waals surface area contributed by atoms with Crippen molar-refractivity contribution >= 4 is 28.4 Å². The van der Waals surface area contributed by atoms with E-state index in [-0.39, 0.29) is 0 Å². The van der Waals surface area contributed by atoms with Gasteiger partial charge in [-0.3, -0.25) is 4.79 Å². The molecule has 0 aliphatic rings. The van der Waals surface area contributed by atoms with Crippen molar-refractivity contribution < 1.29 is 4.79 Å². The summed E-state index contributed by atoms with van der Waals surface area (Å²) in [6, 6.07) is 1.67. The lowest BCUT2D eigenvalue weighted by Crippen LogP contribution is -1.79. The summed E-state index contributed by atoms with van der Waals surface area (Å²) in [7, 11) is 0. The fourth-order valence-electron chi connectivity index (χ4n) is 0.456. The second-order valence-corrected chi connectivity index (χ2v) is 2.75. The van der Waals surface area contributed by atoms with Crippen molar-refractivity contribution in [2.75, 3.05) is 0 Å². The van der Waals surface area contributed by atoms with Gasteiger partial charge in [0.2, 0.25) is 0 Å². The van der Waals surface area contributed by atoms with E-state index >= 15 is 0 Å². The Morgan fingerprint density at radius 1 is 1.89 bits per heavy atom. The first kappa shape index (κ1) is 6.71. The second-order valence-electron chi connectivity index (χ2n) is 1.61.